The van der Waals surface area contributed by atoms with Crippen molar-refractivity contribution >= 4 is 22.9 Å². The van der Waals surface area contributed by atoms with E-state index in [0.717, 1.165) is 29.2 Å². The van der Waals surface area contributed by atoms with Gasteiger partial charge in [-0.05, 0) is 35.8 Å². The van der Waals surface area contributed by atoms with Gasteiger partial charge in [0.15, 0.2) is 0 Å². The predicted molar refractivity (Wildman–Crippen MR) is 56.2 cm³/mol. The molecule has 1 saturated carbocycles. The van der Waals surface area contributed by atoms with Crippen LogP contribution < -0.4 is 0 Å². The summed E-state index contributed by atoms with van der Waals surface area (Å²) in [4.78, 5) is 0. The first-order valence-electron chi connectivity index (χ1n) is 4.63. The van der Waals surface area contributed by atoms with E-state index in [9.17, 15) is 5.11 Å². The van der Waals surface area contributed by atoms with Gasteiger partial charge in [0.05, 0.1) is 9.94 Å². The molecule has 2 atom stereocenters. The first kappa shape index (κ1) is 9.50. The van der Waals surface area contributed by atoms with Crippen LogP contribution in [0.5, 0.6) is 0 Å². The Balaban J connectivity index is 2.11. The lowest BCUT2D eigenvalue weighted by Gasteiger charge is -2.06. The summed E-state index contributed by atoms with van der Waals surface area (Å²) in [7, 11) is 0. The Morgan fingerprint density at radius 2 is 2.54 bits per heavy atom. The van der Waals surface area contributed by atoms with Crippen molar-refractivity contribution < 1.29 is 5.11 Å². The molecule has 2 unspecified atom stereocenters. The third-order valence-electron chi connectivity index (χ3n) is 2.78. The van der Waals surface area contributed by atoms with Crippen LogP contribution in [0, 0.1) is 5.92 Å². The number of halogens is 1. The van der Waals surface area contributed by atoms with E-state index in [1.807, 2.05) is 11.4 Å². The van der Waals surface area contributed by atoms with Crippen molar-refractivity contribution in [3.63, 3.8) is 0 Å². The fraction of sp³-hybridized carbons (Fsp3) is 0.600. The average molecular weight is 217 g/mol. The van der Waals surface area contributed by atoms with Crippen molar-refractivity contribution in [1.82, 2.24) is 0 Å². The highest BCUT2D eigenvalue weighted by Crippen LogP contribution is 2.55. The number of hydrogen-bond donors (Lipinski definition) is 1. The summed E-state index contributed by atoms with van der Waals surface area (Å²) in [6.45, 7) is 2.15. The minimum atomic E-state index is -0.542. The van der Waals surface area contributed by atoms with Gasteiger partial charge in [-0.25, -0.2) is 0 Å². The number of hydrogen-bond acceptors (Lipinski definition) is 2. The highest BCUT2D eigenvalue weighted by atomic mass is 35.5. The van der Waals surface area contributed by atoms with Gasteiger partial charge >= 0.3 is 0 Å². The van der Waals surface area contributed by atoms with E-state index >= 15 is 0 Å². The maximum atomic E-state index is 10.2. The molecule has 0 bridgehead atoms. The predicted octanol–water partition coefficient (Wildman–Crippen LogP) is 3.41. The molecule has 1 heterocycles. The molecule has 0 radical (unpaired) electrons. The Morgan fingerprint density at radius 1 is 1.77 bits per heavy atom. The highest BCUT2D eigenvalue weighted by Gasteiger charge is 2.53. The monoisotopic (exact) mass is 216 g/mol. The third kappa shape index (κ3) is 1.63. The van der Waals surface area contributed by atoms with Gasteiger partial charge in [-0.1, -0.05) is 24.9 Å². The van der Waals surface area contributed by atoms with Crippen molar-refractivity contribution in [3.05, 3.63) is 21.3 Å². The molecule has 1 nitrogen and oxygen atoms in total. The molecule has 13 heavy (non-hydrogen) atoms. The van der Waals surface area contributed by atoms with Gasteiger partial charge in [0.2, 0.25) is 0 Å². The van der Waals surface area contributed by atoms with E-state index in [0.29, 0.717) is 5.92 Å². The normalized spacial score (nSPS) is 32.1. The van der Waals surface area contributed by atoms with Crippen molar-refractivity contribution in [1.29, 1.82) is 0 Å². The SMILES string of the molecule is CCCC1CC1(O)c1csc(Cl)c1. The molecule has 1 fully saturated rings. The standard InChI is InChI=1S/C10H13ClOS/c1-2-3-7-5-10(7,12)8-4-9(11)13-6-8/h4,6-7,12H,2-3,5H2,1H3. The molecule has 0 amide bonds. The van der Waals surface area contributed by atoms with Gasteiger partial charge in [0.1, 0.15) is 0 Å². The molecule has 1 aliphatic carbocycles. The van der Waals surface area contributed by atoms with Gasteiger partial charge < -0.3 is 5.11 Å². The third-order valence-corrected chi connectivity index (χ3v) is 3.87. The van der Waals surface area contributed by atoms with Crippen LogP contribution in [0.1, 0.15) is 31.7 Å². The average Bonchev–Trinajstić information content (AvgIpc) is 2.57. The van der Waals surface area contributed by atoms with Gasteiger partial charge in [-0.15, -0.1) is 11.3 Å². The van der Waals surface area contributed by atoms with E-state index < -0.39 is 5.60 Å². The minimum absolute atomic E-state index is 0.461. The highest BCUT2D eigenvalue weighted by molar-refractivity contribution is 7.14. The van der Waals surface area contributed by atoms with E-state index in [1.54, 1.807) is 0 Å². The Labute approximate surface area is 87.4 Å². The van der Waals surface area contributed by atoms with E-state index in [1.165, 1.54) is 11.3 Å². The number of thiophene rings is 1. The van der Waals surface area contributed by atoms with Gasteiger partial charge in [-0.3, -0.25) is 0 Å². The topological polar surface area (TPSA) is 20.2 Å². The van der Waals surface area contributed by atoms with Crippen LogP contribution in [-0.4, -0.2) is 5.11 Å². The zero-order valence-corrected chi connectivity index (χ0v) is 9.16. The van der Waals surface area contributed by atoms with Gasteiger partial charge in [0, 0.05) is 0 Å². The zero-order chi connectivity index (χ0) is 9.47. The number of aliphatic hydroxyl groups is 1. The summed E-state index contributed by atoms with van der Waals surface area (Å²) in [6, 6.07) is 1.89. The van der Waals surface area contributed by atoms with Crippen molar-refractivity contribution in [2.75, 3.05) is 0 Å². The zero-order valence-electron chi connectivity index (χ0n) is 7.59. The van der Waals surface area contributed by atoms with Gasteiger partial charge in [-0.2, -0.15) is 0 Å². The summed E-state index contributed by atoms with van der Waals surface area (Å²) in [6.07, 6.45) is 3.17. The largest absolute Gasteiger partial charge is 0.385 e. The van der Waals surface area contributed by atoms with E-state index in [4.69, 9.17) is 11.6 Å². The molecule has 1 aliphatic rings. The Hall–Kier alpha value is -0.0500. The van der Waals surface area contributed by atoms with Gasteiger partial charge in [0.25, 0.3) is 0 Å². The summed E-state index contributed by atoms with van der Waals surface area (Å²) in [5.41, 5.74) is 0.473. The molecule has 3 heteroatoms. The van der Waals surface area contributed by atoms with Crippen molar-refractivity contribution in [2.45, 2.75) is 31.8 Å². The van der Waals surface area contributed by atoms with Crippen molar-refractivity contribution in [2.24, 2.45) is 5.92 Å². The lowest BCUT2D eigenvalue weighted by atomic mass is 10.1. The van der Waals surface area contributed by atoms with E-state index in [-0.39, 0.29) is 0 Å². The fourth-order valence-corrected chi connectivity index (χ4v) is 2.85. The Kier molecular flexibility index (Phi) is 2.39. The molecule has 1 aromatic heterocycles. The molecule has 1 aromatic rings. The van der Waals surface area contributed by atoms with Crippen LogP contribution in [0.25, 0.3) is 0 Å². The first-order chi connectivity index (χ1) is 6.16. The molecule has 0 spiro atoms. The molecule has 1 N–H and O–H groups in total. The summed E-state index contributed by atoms with van der Waals surface area (Å²) >= 11 is 7.32. The molecule has 72 valence electrons. The Morgan fingerprint density at radius 3 is 3.08 bits per heavy atom. The lowest BCUT2D eigenvalue weighted by Crippen LogP contribution is -2.06. The van der Waals surface area contributed by atoms with Crippen LogP contribution in [0.15, 0.2) is 11.4 Å². The quantitative estimate of drug-likeness (QED) is 0.821. The molecular formula is C10H13ClOS. The smallest absolute Gasteiger partial charge is 0.0938 e. The maximum absolute atomic E-state index is 10.2. The summed E-state index contributed by atoms with van der Waals surface area (Å²) in [5, 5.41) is 12.1. The van der Waals surface area contributed by atoms with Crippen molar-refractivity contribution in [3.8, 4) is 0 Å². The first-order valence-corrected chi connectivity index (χ1v) is 5.89. The Bertz CT molecular complexity index is 310. The molecular weight excluding hydrogens is 204 g/mol. The fourth-order valence-electron chi connectivity index (χ4n) is 1.90. The van der Waals surface area contributed by atoms with Crippen LogP contribution in [-0.2, 0) is 5.60 Å². The van der Waals surface area contributed by atoms with Crippen LogP contribution in [0.4, 0.5) is 0 Å². The second kappa shape index (κ2) is 3.26. The van der Waals surface area contributed by atoms with Crippen LogP contribution in [0.2, 0.25) is 4.34 Å². The molecule has 0 aromatic carbocycles. The molecule has 2 rings (SSSR count). The molecule has 0 saturated heterocycles. The second-order valence-corrected chi connectivity index (χ2v) is 5.30. The minimum Gasteiger partial charge on any atom is -0.385 e. The maximum Gasteiger partial charge on any atom is 0.0938 e. The lowest BCUT2D eigenvalue weighted by molar-refractivity contribution is 0.129. The van der Waals surface area contributed by atoms with E-state index in [2.05, 4.69) is 6.92 Å². The second-order valence-electron chi connectivity index (χ2n) is 3.75. The summed E-state index contributed by atoms with van der Waals surface area (Å²) < 4.78 is 0.769. The molecule has 0 aliphatic heterocycles. The van der Waals surface area contributed by atoms with Crippen LogP contribution >= 0.6 is 22.9 Å². The van der Waals surface area contributed by atoms with Crippen LogP contribution in [0.3, 0.4) is 0 Å². The summed E-state index contributed by atoms with van der Waals surface area (Å²) in [5.74, 6) is 0.461. The number of rotatable bonds is 3.